The van der Waals surface area contributed by atoms with Crippen LogP contribution in [0.3, 0.4) is 0 Å². The Bertz CT molecular complexity index is 1070. The van der Waals surface area contributed by atoms with E-state index in [9.17, 15) is 18.0 Å². The highest BCUT2D eigenvalue weighted by molar-refractivity contribution is 5.96. The summed E-state index contributed by atoms with van der Waals surface area (Å²) in [6, 6.07) is 4.58. The third-order valence-corrected chi connectivity index (χ3v) is 6.22. The van der Waals surface area contributed by atoms with Gasteiger partial charge in [-0.3, -0.25) is 4.79 Å². The smallest absolute Gasteiger partial charge is 0.354 e. The number of carbonyl (C=O) groups is 1. The lowest BCUT2D eigenvalue weighted by molar-refractivity contribution is -0.137. The minimum Gasteiger partial charge on any atom is -0.354 e. The fraction of sp³-hybridized carbons (Fsp3) is 0.455. The van der Waals surface area contributed by atoms with Gasteiger partial charge in [-0.15, -0.1) is 0 Å². The van der Waals surface area contributed by atoms with Gasteiger partial charge >= 0.3 is 6.18 Å². The summed E-state index contributed by atoms with van der Waals surface area (Å²) in [7, 11) is 0. The van der Waals surface area contributed by atoms with Crippen molar-refractivity contribution in [2.75, 3.05) is 23.0 Å². The summed E-state index contributed by atoms with van der Waals surface area (Å²) in [6.07, 6.45) is -1.87. The average molecular weight is 494 g/mol. The zero-order chi connectivity index (χ0) is 25.3. The van der Waals surface area contributed by atoms with E-state index in [-0.39, 0.29) is 24.3 Å². The lowest BCUT2D eigenvalue weighted by Gasteiger charge is -2.41. The Hall–Kier alpha value is -3.48. The summed E-state index contributed by atoms with van der Waals surface area (Å²) >= 11 is 0. The third kappa shape index (κ3) is 5.29. The SMILES string of the molecule is C/C(=N/N)N(N)c1ccc(C(=O)N(C2CC2)C2CCN(c3ccc(C(F)(F)F)cn3)CC2F)cn1. The van der Waals surface area contributed by atoms with Gasteiger partial charge in [0.15, 0.2) is 0 Å². The molecule has 0 aromatic carbocycles. The van der Waals surface area contributed by atoms with Crippen molar-refractivity contribution in [1.82, 2.24) is 14.9 Å². The predicted molar refractivity (Wildman–Crippen MR) is 122 cm³/mol. The number of alkyl halides is 4. The van der Waals surface area contributed by atoms with E-state index in [1.165, 1.54) is 17.3 Å². The second-order valence-corrected chi connectivity index (χ2v) is 8.62. The number of hydrogen-bond donors (Lipinski definition) is 2. The Morgan fingerprint density at radius 2 is 1.89 bits per heavy atom. The maximum atomic E-state index is 15.4. The van der Waals surface area contributed by atoms with Crippen molar-refractivity contribution in [3.8, 4) is 0 Å². The van der Waals surface area contributed by atoms with Crippen LogP contribution in [0.5, 0.6) is 0 Å². The van der Waals surface area contributed by atoms with Gasteiger partial charge in [-0.05, 0) is 50.5 Å². The van der Waals surface area contributed by atoms with Crippen molar-refractivity contribution in [3.05, 3.63) is 47.8 Å². The van der Waals surface area contributed by atoms with Gasteiger partial charge in [-0.2, -0.15) is 18.3 Å². The number of amidine groups is 1. The summed E-state index contributed by atoms with van der Waals surface area (Å²) < 4.78 is 53.8. The zero-order valence-corrected chi connectivity index (χ0v) is 19.0. The molecular weight excluding hydrogens is 468 g/mol. The summed E-state index contributed by atoms with van der Waals surface area (Å²) in [5.41, 5.74) is -0.559. The first-order valence-electron chi connectivity index (χ1n) is 11.1. The molecule has 0 spiro atoms. The van der Waals surface area contributed by atoms with Gasteiger partial charge in [0, 0.05) is 25.0 Å². The van der Waals surface area contributed by atoms with E-state index in [1.807, 2.05) is 0 Å². The molecule has 2 aromatic rings. The molecule has 1 aliphatic carbocycles. The van der Waals surface area contributed by atoms with Crippen molar-refractivity contribution in [3.63, 3.8) is 0 Å². The number of nitrogens with two attached hydrogens (primary N) is 2. The molecule has 35 heavy (non-hydrogen) atoms. The number of carbonyl (C=O) groups excluding carboxylic acids is 1. The van der Waals surface area contributed by atoms with Crippen LogP contribution >= 0.6 is 0 Å². The summed E-state index contributed by atoms with van der Waals surface area (Å²) in [5.74, 6) is 11.7. The molecule has 13 heteroatoms. The molecule has 188 valence electrons. The van der Waals surface area contributed by atoms with Crippen LogP contribution in [0.2, 0.25) is 0 Å². The predicted octanol–water partition coefficient (Wildman–Crippen LogP) is 2.69. The first-order valence-corrected chi connectivity index (χ1v) is 11.1. The van der Waals surface area contributed by atoms with E-state index in [1.54, 1.807) is 28.9 Å². The normalized spacial score (nSPS) is 21.1. The highest BCUT2D eigenvalue weighted by Gasteiger charge is 2.43. The van der Waals surface area contributed by atoms with Crippen LogP contribution in [0, 0.1) is 0 Å². The number of hydrazone groups is 1. The maximum Gasteiger partial charge on any atom is 0.417 e. The second-order valence-electron chi connectivity index (χ2n) is 8.62. The topological polar surface area (TPSA) is 117 Å². The molecule has 1 saturated carbocycles. The van der Waals surface area contributed by atoms with E-state index in [0.717, 1.165) is 25.1 Å². The highest BCUT2D eigenvalue weighted by Crippen LogP contribution is 2.35. The Morgan fingerprint density at radius 1 is 1.14 bits per heavy atom. The van der Waals surface area contributed by atoms with Crippen LogP contribution in [-0.2, 0) is 6.18 Å². The number of hydrogen-bond acceptors (Lipinski definition) is 7. The molecule has 0 radical (unpaired) electrons. The fourth-order valence-electron chi connectivity index (χ4n) is 4.13. The summed E-state index contributed by atoms with van der Waals surface area (Å²) in [4.78, 5) is 24.6. The van der Waals surface area contributed by atoms with Crippen molar-refractivity contribution in [1.29, 1.82) is 0 Å². The first-order chi connectivity index (χ1) is 16.6. The Kier molecular flexibility index (Phi) is 6.79. The Labute approximate surface area is 199 Å². The van der Waals surface area contributed by atoms with Crippen LogP contribution in [0.4, 0.5) is 29.2 Å². The molecule has 1 saturated heterocycles. The second kappa shape index (κ2) is 9.64. The fourth-order valence-corrected chi connectivity index (χ4v) is 4.13. The molecule has 2 atom stereocenters. The maximum absolute atomic E-state index is 15.4. The number of halogens is 4. The number of piperidine rings is 1. The van der Waals surface area contributed by atoms with Crippen LogP contribution in [0.25, 0.3) is 0 Å². The molecule has 3 heterocycles. The summed E-state index contributed by atoms with van der Waals surface area (Å²) in [5, 5.41) is 4.67. The standard InChI is InChI=1S/C22H26F4N8O/c1-13(31-27)34(28)20-6-2-14(10-29-20)21(35)33(16-4-5-16)18-8-9-32(12-17(18)23)19-7-3-15(11-30-19)22(24,25)26/h2-3,6-7,10-11,16-18H,4-5,8-9,12,27-28H2,1H3/b31-13-. The first kappa shape index (κ1) is 24.6. The quantitative estimate of drug-likeness (QED) is 0.216. The highest BCUT2D eigenvalue weighted by atomic mass is 19.4. The number of amides is 1. The van der Waals surface area contributed by atoms with Crippen LogP contribution in [-0.4, -0.2) is 58.0 Å². The minimum atomic E-state index is -4.49. The van der Waals surface area contributed by atoms with E-state index in [2.05, 4.69) is 15.1 Å². The lowest BCUT2D eigenvalue weighted by Crippen LogP contribution is -2.55. The molecule has 2 aliphatic rings. The largest absolute Gasteiger partial charge is 0.417 e. The zero-order valence-electron chi connectivity index (χ0n) is 19.0. The minimum absolute atomic E-state index is 0.0567. The number of anilines is 2. The van der Waals surface area contributed by atoms with Crippen molar-refractivity contribution in [2.45, 2.75) is 50.6 Å². The van der Waals surface area contributed by atoms with Crippen LogP contribution < -0.4 is 21.6 Å². The van der Waals surface area contributed by atoms with Crippen LogP contribution in [0.1, 0.15) is 42.1 Å². The van der Waals surface area contributed by atoms with Gasteiger partial charge in [-0.1, -0.05) is 0 Å². The van der Waals surface area contributed by atoms with Crippen molar-refractivity contribution >= 4 is 23.4 Å². The van der Waals surface area contributed by atoms with E-state index in [4.69, 9.17) is 11.7 Å². The molecule has 4 N–H and O–H groups in total. The third-order valence-electron chi connectivity index (χ3n) is 6.22. The van der Waals surface area contributed by atoms with Crippen LogP contribution in [0.15, 0.2) is 41.8 Å². The number of rotatable bonds is 5. The number of hydrazine groups is 1. The monoisotopic (exact) mass is 494 g/mol. The molecule has 2 fully saturated rings. The Balaban J connectivity index is 1.46. The molecule has 1 amide bonds. The van der Waals surface area contributed by atoms with Crippen molar-refractivity contribution < 1.29 is 22.4 Å². The average Bonchev–Trinajstić information content (AvgIpc) is 3.69. The molecule has 1 aliphatic heterocycles. The Morgan fingerprint density at radius 3 is 2.40 bits per heavy atom. The lowest BCUT2D eigenvalue weighted by atomic mass is 9.99. The van der Waals surface area contributed by atoms with Gasteiger partial charge in [0.2, 0.25) is 0 Å². The van der Waals surface area contributed by atoms with E-state index in [0.29, 0.717) is 30.2 Å². The van der Waals surface area contributed by atoms with Gasteiger partial charge < -0.3 is 15.6 Å². The van der Waals surface area contributed by atoms with Gasteiger partial charge in [0.1, 0.15) is 23.6 Å². The number of aromatic nitrogens is 2. The number of pyridine rings is 2. The molecule has 0 bridgehead atoms. The van der Waals surface area contributed by atoms with Gasteiger partial charge in [0.25, 0.3) is 5.91 Å². The van der Waals surface area contributed by atoms with Gasteiger partial charge in [-0.25, -0.2) is 25.2 Å². The molecule has 2 unspecified atom stereocenters. The van der Waals surface area contributed by atoms with E-state index >= 15 is 4.39 Å². The van der Waals surface area contributed by atoms with E-state index < -0.39 is 24.0 Å². The molecule has 9 nitrogen and oxygen atoms in total. The summed E-state index contributed by atoms with van der Waals surface area (Å²) in [6.45, 7) is 1.89. The van der Waals surface area contributed by atoms with Crippen molar-refractivity contribution in [2.24, 2.45) is 16.8 Å². The molecule has 4 rings (SSSR count). The molecular formula is C22H26F4N8O. The van der Waals surface area contributed by atoms with Gasteiger partial charge in [0.05, 0.1) is 23.7 Å². The molecule has 2 aromatic heterocycles. The number of nitrogens with zero attached hydrogens (tertiary/aromatic N) is 6.